The molecule has 0 aromatic rings. The summed E-state index contributed by atoms with van der Waals surface area (Å²) in [7, 11) is 0. The average molecular weight is 268 g/mol. The molecule has 1 aliphatic carbocycles. The first kappa shape index (κ1) is 15.7. The van der Waals surface area contributed by atoms with E-state index in [2.05, 4.69) is 6.58 Å². The van der Waals surface area contributed by atoms with Gasteiger partial charge in [0.15, 0.2) is 5.92 Å². The summed E-state index contributed by atoms with van der Waals surface area (Å²) in [6, 6.07) is 0. The minimum Gasteiger partial charge on any atom is -0.481 e. The van der Waals surface area contributed by atoms with Crippen LogP contribution in [0.15, 0.2) is 12.7 Å². The Morgan fingerprint density at radius 2 is 2.00 bits per heavy atom. The number of aliphatic carboxylic acids is 1. The molecule has 4 nitrogen and oxygen atoms in total. The zero-order valence-corrected chi connectivity index (χ0v) is 11.6. The van der Waals surface area contributed by atoms with Crippen molar-refractivity contribution in [1.82, 2.24) is 0 Å². The van der Waals surface area contributed by atoms with Gasteiger partial charge < -0.3 is 9.84 Å². The lowest BCUT2D eigenvalue weighted by Gasteiger charge is -2.32. The fourth-order valence-corrected chi connectivity index (χ4v) is 3.09. The van der Waals surface area contributed by atoms with Gasteiger partial charge in [-0.25, -0.2) is 0 Å². The van der Waals surface area contributed by atoms with Crippen LogP contribution in [0.3, 0.4) is 0 Å². The van der Waals surface area contributed by atoms with Crippen LogP contribution >= 0.6 is 0 Å². The van der Waals surface area contributed by atoms with E-state index in [1.165, 1.54) is 12.5 Å². The van der Waals surface area contributed by atoms with E-state index < -0.39 is 17.9 Å². The summed E-state index contributed by atoms with van der Waals surface area (Å²) in [5, 5.41) is 9.35. The highest BCUT2D eigenvalue weighted by Gasteiger charge is 2.39. The van der Waals surface area contributed by atoms with Crippen molar-refractivity contribution >= 4 is 11.9 Å². The van der Waals surface area contributed by atoms with E-state index in [1.54, 1.807) is 0 Å². The van der Waals surface area contributed by atoms with Crippen LogP contribution in [0.1, 0.15) is 45.4 Å². The molecule has 1 saturated carbocycles. The van der Waals surface area contributed by atoms with Crippen LogP contribution < -0.4 is 0 Å². The highest BCUT2D eigenvalue weighted by molar-refractivity contribution is 5.94. The Morgan fingerprint density at radius 1 is 1.37 bits per heavy atom. The van der Waals surface area contributed by atoms with Crippen molar-refractivity contribution in [2.24, 2.45) is 17.8 Å². The molecule has 1 aliphatic rings. The summed E-state index contributed by atoms with van der Waals surface area (Å²) >= 11 is 0. The SMILES string of the molecule is C=CCOC(=O)C(C(=O)O)C(CC)C1CCCCC1. The van der Waals surface area contributed by atoms with Crippen molar-refractivity contribution in [1.29, 1.82) is 0 Å². The number of carboxylic acid groups (broad SMARTS) is 1. The Kier molecular flexibility index (Phi) is 6.60. The van der Waals surface area contributed by atoms with E-state index in [9.17, 15) is 14.7 Å². The maximum atomic E-state index is 11.9. The second-order valence-corrected chi connectivity index (χ2v) is 5.20. The Morgan fingerprint density at radius 3 is 2.47 bits per heavy atom. The Bertz CT molecular complexity index is 318. The Balaban J connectivity index is 2.78. The third-order valence-electron chi connectivity index (χ3n) is 4.02. The van der Waals surface area contributed by atoms with Crippen LogP contribution in [0.2, 0.25) is 0 Å². The molecule has 1 N–H and O–H groups in total. The van der Waals surface area contributed by atoms with Gasteiger partial charge in [0, 0.05) is 0 Å². The van der Waals surface area contributed by atoms with Gasteiger partial charge in [-0.1, -0.05) is 58.1 Å². The topological polar surface area (TPSA) is 63.6 Å². The molecule has 19 heavy (non-hydrogen) atoms. The molecule has 0 heterocycles. The van der Waals surface area contributed by atoms with E-state index in [-0.39, 0.29) is 12.5 Å². The minimum absolute atomic E-state index is 0.0731. The van der Waals surface area contributed by atoms with E-state index in [0.29, 0.717) is 12.3 Å². The summed E-state index contributed by atoms with van der Waals surface area (Å²) in [4.78, 5) is 23.4. The van der Waals surface area contributed by atoms with Gasteiger partial charge in [-0.2, -0.15) is 0 Å². The van der Waals surface area contributed by atoms with Gasteiger partial charge in [0.2, 0.25) is 0 Å². The Labute approximate surface area is 114 Å². The second-order valence-electron chi connectivity index (χ2n) is 5.20. The summed E-state index contributed by atoms with van der Waals surface area (Å²) in [6.45, 7) is 5.49. The molecular formula is C15H24O4. The largest absolute Gasteiger partial charge is 0.481 e. The lowest BCUT2D eigenvalue weighted by atomic mass is 9.73. The summed E-state index contributed by atoms with van der Waals surface area (Å²) in [5.74, 6) is -2.50. The molecule has 0 amide bonds. The predicted octanol–water partition coefficient (Wildman–Crippen LogP) is 3.02. The van der Waals surface area contributed by atoms with Crippen LogP contribution in [0.4, 0.5) is 0 Å². The normalized spacial score (nSPS) is 19.4. The number of ether oxygens (including phenoxy) is 1. The van der Waals surface area contributed by atoms with Crippen molar-refractivity contribution in [3.63, 3.8) is 0 Å². The molecule has 0 bridgehead atoms. The molecule has 1 rings (SSSR count). The first-order valence-electron chi connectivity index (χ1n) is 7.12. The molecule has 0 spiro atoms. The lowest BCUT2D eigenvalue weighted by Crippen LogP contribution is -2.37. The van der Waals surface area contributed by atoms with Crippen molar-refractivity contribution in [3.8, 4) is 0 Å². The maximum absolute atomic E-state index is 11.9. The van der Waals surface area contributed by atoms with Gasteiger partial charge in [0.05, 0.1) is 0 Å². The number of esters is 1. The smallest absolute Gasteiger partial charge is 0.320 e. The van der Waals surface area contributed by atoms with Crippen molar-refractivity contribution in [3.05, 3.63) is 12.7 Å². The van der Waals surface area contributed by atoms with Gasteiger partial charge in [0.1, 0.15) is 6.61 Å². The molecule has 0 saturated heterocycles. The molecule has 108 valence electrons. The van der Waals surface area contributed by atoms with E-state index in [0.717, 1.165) is 25.7 Å². The van der Waals surface area contributed by atoms with Crippen molar-refractivity contribution in [2.45, 2.75) is 45.4 Å². The first-order chi connectivity index (χ1) is 9.11. The number of hydrogen-bond acceptors (Lipinski definition) is 3. The quantitative estimate of drug-likeness (QED) is 0.438. The predicted molar refractivity (Wildman–Crippen MR) is 72.6 cm³/mol. The number of carbonyl (C=O) groups is 2. The van der Waals surface area contributed by atoms with Gasteiger partial charge >= 0.3 is 11.9 Å². The van der Waals surface area contributed by atoms with Crippen LogP contribution in [0.5, 0.6) is 0 Å². The van der Waals surface area contributed by atoms with Crippen LogP contribution in [-0.4, -0.2) is 23.7 Å². The minimum atomic E-state index is -1.06. The third kappa shape index (κ3) is 4.37. The van der Waals surface area contributed by atoms with E-state index in [4.69, 9.17) is 4.74 Å². The Hall–Kier alpha value is -1.32. The number of carboxylic acids is 1. The highest BCUT2D eigenvalue weighted by Crippen LogP contribution is 2.36. The molecule has 4 heteroatoms. The molecule has 0 aromatic carbocycles. The first-order valence-corrected chi connectivity index (χ1v) is 7.12. The second kappa shape index (κ2) is 7.97. The molecule has 2 atom stereocenters. The number of rotatable bonds is 7. The lowest BCUT2D eigenvalue weighted by molar-refractivity contribution is -0.162. The molecule has 2 unspecified atom stereocenters. The maximum Gasteiger partial charge on any atom is 0.320 e. The zero-order valence-electron chi connectivity index (χ0n) is 11.6. The molecule has 0 radical (unpaired) electrons. The monoisotopic (exact) mass is 268 g/mol. The zero-order chi connectivity index (χ0) is 14.3. The molecule has 0 aliphatic heterocycles. The summed E-state index contributed by atoms with van der Waals surface area (Å²) in [5.41, 5.74) is 0. The third-order valence-corrected chi connectivity index (χ3v) is 4.02. The van der Waals surface area contributed by atoms with Crippen LogP contribution in [0, 0.1) is 17.8 Å². The van der Waals surface area contributed by atoms with Gasteiger partial charge in [-0.3, -0.25) is 9.59 Å². The van der Waals surface area contributed by atoms with Crippen LogP contribution in [-0.2, 0) is 14.3 Å². The fraction of sp³-hybridized carbons (Fsp3) is 0.733. The van der Waals surface area contributed by atoms with E-state index in [1.807, 2.05) is 6.92 Å². The number of carbonyl (C=O) groups excluding carboxylic acids is 1. The van der Waals surface area contributed by atoms with Crippen LogP contribution in [0.25, 0.3) is 0 Å². The van der Waals surface area contributed by atoms with Gasteiger partial charge in [-0.15, -0.1) is 0 Å². The average Bonchev–Trinajstić information content (AvgIpc) is 2.42. The summed E-state index contributed by atoms with van der Waals surface area (Å²) in [6.07, 6.45) is 7.69. The molecule has 0 aromatic heterocycles. The van der Waals surface area contributed by atoms with Crippen molar-refractivity contribution in [2.75, 3.05) is 6.61 Å². The van der Waals surface area contributed by atoms with Gasteiger partial charge in [0.25, 0.3) is 0 Å². The standard InChI is InChI=1S/C15H24O4/c1-3-10-19-15(18)13(14(16)17)12(4-2)11-8-6-5-7-9-11/h3,11-13H,1,4-10H2,2H3,(H,16,17). The highest BCUT2D eigenvalue weighted by atomic mass is 16.5. The van der Waals surface area contributed by atoms with E-state index >= 15 is 0 Å². The molecule has 1 fully saturated rings. The van der Waals surface area contributed by atoms with Crippen molar-refractivity contribution < 1.29 is 19.4 Å². The fourth-order valence-electron chi connectivity index (χ4n) is 3.09. The number of hydrogen-bond donors (Lipinski definition) is 1. The van der Waals surface area contributed by atoms with Gasteiger partial charge in [-0.05, 0) is 11.8 Å². The molecular weight excluding hydrogens is 244 g/mol. The summed E-state index contributed by atoms with van der Waals surface area (Å²) < 4.78 is 4.95.